The number of nitro groups is 1. The predicted molar refractivity (Wildman–Crippen MR) is 95.4 cm³/mol. The van der Waals surface area contributed by atoms with Gasteiger partial charge in [-0.25, -0.2) is 0 Å². The Bertz CT molecular complexity index is 688. The molecular weight excluding hydrogens is 388 g/mol. The molecule has 5 nitrogen and oxygen atoms in total. The summed E-state index contributed by atoms with van der Waals surface area (Å²) in [5, 5.41) is 20.3. The number of thioether (sulfide) groups is 1. The summed E-state index contributed by atoms with van der Waals surface area (Å²) in [5.74, 6) is 1.78. The van der Waals surface area contributed by atoms with E-state index in [0.29, 0.717) is 12.1 Å². The summed E-state index contributed by atoms with van der Waals surface area (Å²) >= 11 is 6.92. The summed E-state index contributed by atoms with van der Waals surface area (Å²) in [6.07, 6.45) is 1.48. The average Bonchev–Trinajstić information content (AvgIpc) is 2.89. The van der Waals surface area contributed by atoms with E-state index in [1.54, 1.807) is 23.1 Å². The molecule has 0 spiro atoms. The van der Waals surface area contributed by atoms with Crippen LogP contribution < -0.4 is 0 Å². The van der Waals surface area contributed by atoms with Crippen molar-refractivity contribution in [3.8, 4) is 5.75 Å². The molecule has 2 aromatic rings. The standard InChI is InChI=1S/C14H13BrN2O3S2/c15-14-4-2-12(22-14)9-21-6-5-16-8-10-7-11(17(19)20)1-3-13(10)18/h1-4,7-8,18H,5-6,9H2. The van der Waals surface area contributed by atoms with Gasteiger partial charge in [-0.3, -0.25) is 15.1 Å². The van der Waals surface area contributed by atoms with Gasteiger partial charge >= 0.3 is 0 Å². The van der Waals surface area contributed by atoms with Crippen LogP contribution in [0.4, 0.5) is 5.69 Å². The number of hydrogen-bond donors (Lipinski definition) is 1. The molecule has 1 N–H and O–H groups in total. The number of non-ortho nitro benzene ring substituents is 1. The van der Waals surface area contributed by atoms with E-state index < -0.39 is 4.92 Å². The van der Waals surface area contributed by atoms with E-state index >= 15 is 0 Å². The van der Waals surface area contributed by atoms with Crippen LogP contribution in [-0.4, -0.2) is 28.5 Å². The SMILES string of the molecule is O=[N+]([O-])c1ccc(O)c(C=NCCSCc2ccc(Br)s2)c1. The van der Waals surface area contributed by atoms with Gasteiger partial charge in [0, 0.05) is 46.8 Å². The Morgan fingerprint density at radius 2 is 2.23 bits per heavy atom. The fraction of sp³-hybridized carbons (Fsp3) is 0.214. The van der Waals surface area contributed by atoms with Gasteiger partial charge in [0.25, 0.3) is 5.69 Å². The molecule has 0 atom stereocenters. The molecule has 0 aliphatic heterocycles. The van der Waals surface area contributed by atoms with Crippen LogP contribution in [0, 0.1) is 10.1 Å². The van der Waals surface area contributed by atoms with Crippen molar-refractivity contribution in [3.63, 3.8) is 0 Å². The average molecular weight is 401 g/mol. The fourth-order valence-electron chi connectivity index (χ4n) is 1.64. The van der Waals surface area contributed by atoms with Gasteiger partial charge in [0.15, 0.2) is 0 Å². The lowest BCUT2D eigenvalue weighted by atomic mass is 10.2. The summed E-state index contributed by atoms with van der Waals surface area (Å²) in [4.78, 5) is 15.7. The lowest BCUT2D eigenvalue weighted by Crippen LogP contribution is -1.92. The number of aromatic hydroxyl groups is 1. The number of nitro benzene ring substituents is 1. The van der Waals surface area contributed by atoms with Crippen molar-refractivity contribution < 1.29 is 10.0 Å². The van der Waals surface area contributed by atoms with Crippen molar-refractivity contribution in [3.05, 3.63) is 54.7 Å². The Kier molecular flexibility index (Phi) is 6.41. The molecular formula is C14H13BrN2O3S2. The lowest BCUT2D eigenvalue weighted by molar-refractivity contribution is -0.384. The van der Waals surface area contributed by atoms with Crippen LogP contribution >= 0.6 is 39.0 Å². The van der Waals surface area contributed by atoms with Crippen LogP contribution in [0.25, 0.3) is 0 Å². The molecule has 0 aliphatic carbocycles. The van der Waals surface area contributed by atoms with Gasteiger partial charge in [0.05, 0.1) is 8.71 Å². The van der Waals surface area contributed by atoms with E-state index in [-0.39, 0.29) is 11.4 Å². The van der Waals surface area contributed by atoms with E-state index in [0.717, 1.165) is 15.3 Å². The Labute approximate surface area is 144 Å². The summed E-state index contributed by atoms with van der Waals surface area (Å²) in [6.45, 7) is 0.597. The normalized spacial score (nSPS) is 11.1. The minimum Gasteiger partial charge on any atom is -0.507 e. The quantitative estimate of drug-likeness (QED) is 0.321. The number of phenols is 1. The van der Waals surface area contributed by atoms with Crippen LogP contribution in [0.15, 0.2) is 39.1 Å². The Hall–Kier alpha value is -1.38. The number of benzene rings is 1. The zero-order valence-corrected chi connectivity index (χ0v) is 14.7. The number of nitrogens with zero attached hydrogens (tertiary/aromatic N) is 2. The molecule has 2 rings (SSSR count). The molecule has 0 saturated heterocycles. The van der Waals surface area contributed by atoms with Crippen LogP contribution in [0.5, 0.6) is 5.75 Å². The van der Waals surface area contributed by atoms with Gasteiger partial charge in [0.2, 0.25) is 0 Å². The predicted octanol–water partition coefficient (Wildman–Crippen LogP) is 4.48. The van der Waals surface area contributed by atoms with Crippen LogP contribution in [0.2, 0.25) is 0 Å². The largest absolute Gasteiger partial charge is 0.507 e. The number of phenolic OH excluding ortho intramolecular Hbond substituents is 1. The topological polar surface area (TPSA) is 75.7 Å². The van der Waals surface area contributed by atoms with Gasteiger partial charge in [-0.05, 0) is 34.1 Å². The van der Waals surface area contributed by atoms with Crippen molar-refractivity contribution in [1.29, 1.82) is 0 Å². The first-order valence-electron chi connectivity index (χ1n) is 6.35. The number of hydrogen-bond acceptors (Lipinski definition) is 6. The highest BCUT2D eigenvalue weighted by molar-refractivity contribution is 9.11. The third-order valence-corrected chi connectivity index (χ3v) is 5.48. The second-order valence-electron chi connectivity index (χ2n) is 4.29. The zero-order valence-electron chi connectivity index (χ0n) is 11.4. The highest BCUT2D eigenvalue weighted by Gasteiger charge is 2.08. The maximum atomic E-state index is 10.7. The van der Waals surface area contributed by atoms with E-state index in [1.807, 2.05) is 6.07 Å². The van der Waals surface area contributed by atoms with E-state index in [4.69, 9.17) is 0 Å². The lowest BCUT2D eigenvalue weighted by Gasteiger charge is -1.99. The molecule has 0 radical (unpaired) electrons. The van der Waals surface area contributed by atoms with E-state index in [1.165, 1.54) is 29.3 Å². The van der Waals surface area contributed by atoms with Crippen molar-refractivity contribution in [2.45, 2.75) is 5.75 Å². The third kappa shape index (κ3) is 5.11. The highest BCUT2D eigenvalue weighted by Crippen LogP contribution is 2.25. The highest BCUT2D eigenvalue weighted by atomic mass is 79.9. The van der Waals surface area contributed by atoms with Gasteiger partial charge in [-0.2, -0.15) is 11.8 Å². The first-order valence-corrected chi connectivity index (χ1v) is 9.12. The minimum absolute atomic E-state index is 0.00885. The molecule has 22 heavy (non-hydrogen) atoms. The zero-order chi connectivity index (χ0) is 15.9. The summed E-state index contributed by atoms with van der Waals surface area (Å²) in [7, 11) is 0. The molecule has 8 heteroatoms. The first kappa shape index (κ1) is 17.0. The molecule has 0 bridgehead atoms. The monoisotopic (exact) mass is 400 g/mol. The van der Waals surface area contributed by atoms with Gasteiger partial charge in [0.1, 0.15) is 5.75 Å². The molecule has 0 aliphatic rings. The summed E-state index contributed by atoms with van der Waals surface area (Å²) in [6, 6.07) is 8.01. The van der Waals surface area contributed by atoms with Crippen molar-refractivity contribution in [2.75, 3.05) is 12.3 Å². The first-order chi connectivity index (χ1) is 10.6. The molecule has 116 valence electrons. The summed E-state index contributed by atoms with van der Waals surface area (Å²) in [5.41, 5.74) is 0.304. The molecule has 0 unspecified atom stereocenters. The van der Waals surface area contributed by atoms with Crippen molar-refractivity contribution in [1.82, 2.24) is 0 Å². The van der Waals surface area contributed by atoms with Gasteiger partial charge < -0.3 is 5.11 Å². The smallest absolute Gasteiger partial charge is 0.270 e. The maximum Gasteiger partial charge on any atom is 0.270 e. The Morgan fingerprint density at radius 3 is 2.91 bits per heavy atom. The molecule has 0 saturated carbocycles. The fourth-order valence-corrected chi connectivity index (χ4v) is 4.08. The van der Waals surface area contributed by atoms with Crippen molar-refractivity contribution >= 4 is 50.9 Å². The maximum absolute atomic E-state index is 10.7. The van der Waals surface area contributed by atoms with Gasteiger partial charge in [-0.15, -0.1) is 11.3 Å². The van der Waals surface area contributed by atoms with E-state index in [9.17, 15) is 15.2 Å². The number of halogens is 1. The van der Waals surface area contributed by atoms with Crippen molar-refractivity contribution in [2.24, 2.45) is 4.99 Å². The van der Waals surface area contributed by atoms with E-state index in [2.05, 4.69) is 27.0 Å². The van der Waals surface area contributed by atoms with Crippen LogP contribution in [0.3, 0.4) is 0 Å². The summed E-state index contributed by atoms with van der Waals surface area (Å²) < 4.78 is 1.13. The molecule has 1 aromatic carbocycles. The van der Waals surface area contributed by atoms with Crippen LogP contribution in [0.1, 0.15) is 10.4 Å². The third-order valence-electron chi connectivity index (χ3n) is 2.69. The number of rotatable bonds is 7. The number of thiophene rings is 1. The minimum atomic E-state index is -0.494. The second-order valence-corrected chi connectivity index (χ2v) is 7.95. The molecule has 0 fully saturated rings. The molecule has 1 heterocycles. The second kappa shape index (κ2) is 8.30. The van der Waals surface area contributed by atoms with Gasteiger partial charge in [-0.1, -0.05) is 0 Å². The Morgan fingerprint density at radius 1 is 1.41 bits per heavy atom. The van der Waals surface area contributed by atoms with Crippen LogP contribution in [-0.2, 0) is 5.75 Å². The Balaban J connectivity index is 1.80. The molecule has 1 aromatic heterocycles. The molecule has 0 amide bonds. The number of aliphatic imine (C=N–C) groups is 1.